The van der Waals surface area contributed by atoms with E-state index in [1.165, 1.54) is 6.07 Å². The minimum atomic E-state index is -0.381. The minimum absolute atomic E-state index is 0.129. The van der Waals surface area contributed by atoms with Crippen molar-refractivity contribution in [1.29, 1.82) is 0 Å². The summed E-state index contributed by atoms with van der Waals surface area (Å²) in [5.74, 6) is -1.27. The number of carbonyl (C=O) groups is 3. The fourth-order valence-electron chi connectivity index (χ4n) is 2.79. The van der Waals surface area contributed by atoms with Crippen molar-refractivity contribution in [3.63, 3.8) is 0 Å². The molecule has 0 aliphatic heterocycles. The van der Waals surface area contributed by atoms with E-state index in [9.17, 15) is 14.4 Å². The molecule has 0 bridgehead atoms. The number of halogens is 2. The van der Waals surface area contributed by atoms with Gasteiger partial charge in [0.15, 0.2) is 17.3 Å². The van der Waals surface area contributed by atoms with E-state index in [2.05, 4.69) is 21.2 Å². The van der Waals surface area contributed by atoms with Crippen LogP contribution in [0.5, 0.6) is 0 Å². The summed E-state index contributed by atoms with van der Waals surface area (Å²) in [7, 11) is 1.68. The highest BCUT2D eigenvalue weighted by atomic mass is 79.9. The third-order valence-corrected chi connectivity index (χ3v) is 4.74. The van der Waals surface area contributed by atoms with Crippen molar-refractivity contribution >= 4 is 50.6 Å². The molecule has 3 rings (SSSR count). The third-order valence-electron chi connectivity index (χ3n) is 3.84. The van der Waals surface area contributed by atoms with Crippen LogP contribution in [-0.4, -0.2) is 30.3 Å². The van der Waals surface area contributed by atoms with Gasteiger partial charge >= 0.3 is 0 Å². The topological polar surface area (TPSA) is 63.2 Å². The van der Waals surface area contributed by atoms with E-state index in [1.54, 1.807) is 31.3 Å². The van der Waals surface area contributed by atoms with Gasteiger partial charge in [0.25, 0.3) is 0 Å². The Morgan fingerprint density at radius 3 is 2.48 bits per heavy atom. The van der Waals surface area contributed by atoms with Crippen LogP contribution in [0.4, 0.5) is 5.69 Å². The lowest BCUT2D eigenvalue weighted by Crippen LogP contribution is -2.25. The van der Waals surface area contributed by atoms with Crippen LogP contribution in [0.1, 0.15) is 42.2 Å². The van der Waals surface area contributed by atoms with Crippen molar-refractivity contribution < 1.29 is 14.4 Å². The third kappa shape index (κ3) is 2.31. The Kier molecular flexibility index (Phi) is 4.08. The van der Waals surface area contributed by atoms with Crippen molar-refractivity contribution in [2.24, 2.45) is 0 Å². The average Bonchev–Trinajstić information content (AvgIpc) is 2.58. The monoisotopic (exact) mass is 391 g/mol. The van der Waals surface area contributed by atoms with E-state index in [0.717, 1.165) is 0 Å². The first-order chi connectivity index (χ1) is 11.0. The van der Waals surface area contributed by atoms with E-state index in [1.807, 2.05) is 0 Å². The number of fused-ring (bicyclic) bond motifs is 2. The second-order valence-corrected chi connectivity index (χ2v) is 6.16. The number of hydrogen-bond acceptors (Lipinski definition) is 4. The highest BCUT2D eigenvalue weighted by molar-refractivity contribution is 9.10. The van der Waals surface area contributed by atoms with Crippen LogP contribution in [0.2, 0.25) is 0 Å². The van der Waals surface area contributed by atoms with Gasteiger partial charge in [-0.2, -0.15) is 0 Å². The summed E-state index contributed by atoms with van der Waals surface area (Å²) in [5.41, 5.74) is 1.70. The zero-order chi connectivity index (χ0) is 16.7. The summed E-state index contributed by atoms with van der Waals surface area (Å²) in [6.07, 6.45) is 0. The molecule has 1 aliphatic carbocycles. The zero-order valence-corrected chi connectivity index (χ0v) is 14.4. The van der Waals surface area contributed by atoms with Crippen LogP contribution >= 0.6 is 27.5 Å². The van der Waals surface area contributed by atoms with E-state index in [-0.39, 0.29) is 45.5 Å². The fourth-order valence-corrected chi connectivity index (χ4v) is 3.45. The molecule has 116 valence electrons. The van der Waals surface area contributed by atoms with Crippen LogP contribution in [-0.2, 0) is 0 Å². The molecule has 0 radical (unpaired) electrons. The van der Waals surface area contributed by atoms with Crippen molar-refractivity contribution in [1.82, 2.24) is 0 Å². The number of carbonyl (C=O) groups excluding carboxylic acids is 3. The highest BCUT2D eigenvalue weighted by Crippen LogP contribution is 2.37. The Morgan fingerprint density at radius 1 is 1.09 bits per heavy atom. The number of Topliss-reactive ketones (excluding diaryl/α,β-unsaturated/α-hetero) is 1. The molecule has 0 amide bonds. The second-order valence-electron chi connectivity index (χ2n) is 5.04. The highest BCUT2D eigenvalue weighted by Gasteiger charge is 2.35. The van der Waals surface area contributed by atoms with Crippen LogP contribution in [0.3, 0.4) is 0 Å². The first kappa shape index (κ1) is 15.9. The van der Waals surface area contributed by atoms with Crippen molar-refractivity contribution in [2.75, 3.05) is 18.2 Å². The predicted octanol–water partition coefficient (Wildman–Crippen LogP) is 3.69. The molecule has 0 heterocycles. The van der Waals surface area contributed by atoms with E-state index in [0.29, 0.717) is 15.7 Å². The molecule has 0 atom stereocenters. The molecule has 0 aromatic heterocycles. The molecule has 1 N–H and O–H groups in total. The van der Waals surface area contributed by atoms with Crippen LogP contribution < -0.4 is 5.32 Å². The Balaban J connectivity index is 2.36. The molecule has 4 nitrogen and oxygen atoms in total. The predicted molar refractivity (Wildman–Crippen MR) is 92.0 cm³/mol. The average molecular weight is 393 g/mol. The summed E-state index contributed by atoms with van der Waals surface area (Å²) < 4.78 is 0.517. The molecule has 2 aromatic rings. The maximum absolute atomic E-state index is 13.0. The largest absolute Gasteiger partial charge is 0.388 e. The van der Waals surface area contributed by atoms with Crippen LogP contribution in [0, 0.1) is 0 Å². The van der Waals surface area contributed by atoms with Crippen molar-refractivity contribution in [3.05, 3.63) is 62.6 Å². The fraction of sp³-hybridized carbons (Fsp3) is 0.118. The number of ketones is 3. The van der Waals surface area contributed by atoms with Gasteiger partial charge in [0, 0.05) is 33.9 Å². The van der Waals surface area contributed by atoms with Gasteiger partial charge in [-0.1, -0.05) is 34.1 Å². The standard InChI is InChI=1S/C17H11BrClNO3/c1-20-11-6-5-10(18)14-15(11)16(22)9-4-2-3-8(12(21)7-19)13(9)17(14)23/h2-6,20H,7H2,1H3. The molecule has 0 spiro atoms. The summed E-state index contributed by atoms with van der Waals surface area (Å²) in [5, 5.41) is 2.93. The van der Waals surface area contributed by atoms with Gasteiger partial charge in [0.2, 0.25) is 0 Å². The summed E-state index contributed by atoms with van der Waals surface area (Å²) >= 11 is 8.96. The minimum Gasteiger partial charge on any atom is -0.388 e. The molecule has 0 saturated heterocycles. The van der Waals surface area contributed by atoms with E-state index >= 15 is 0 Å². The van der Waals surface area contributed by atoms with Gasteiger partial charge in [-0.3, -0.25) is 14.4 Å². The Labute approximate surface area is 146 Å². The normalized spacial score (nSPS) is 12.7. The lowest BCUT2D eigenvalue weighted by atomic mass is 9.80. The molecule has 0 fully saturated rings. The van der Waals surface area contributed by atoms with E-state index < -0.39 is 0 Å². The van der Waals surface area contributed by atoms with Crippen molar-refractivity contribution in [2.45, 2.75) is 0 Å². The first-order valence-corrected chi connectivity index (χ1v) is 8.15. The van der Waals surface area contributed by atoms with Crippen LogP contribution in [0.25, 0.3) is 0 Å². The van der Waals surface area contributed by atoms with Gasteiger partial charge in [-0.25, -0.2) is 0 Å². The van der Waals surface area contributed by atoms with Crippen LogP contribution in [0.15, 0.2) is 34.8 Å². The maximum atomic E-state index is 13.0. The van der Waals surface area contributed by atoms with E-state index in [4.69, 9.17) is 11.6 Å². The van der Waals surface area contributed by atoms with Crippen molar-refractivity contribution in [3.8, 4) is 0 Å². The molecule has 0 unspecified atom stereocenters. The lowest BCUT2D eigenvalue weighted by Gasteiger charge is -2.22. The van der Waals surface area contributed by atoms with Gasteiger partial charge in [-0.15, -0.1) is 11.6 Å². The Bertz CT molecular complexity index is 876. The molecule has 23 heavy (non-hydrogen) atoms. The number of anilines is 1. The summed E-state index contributed by atoms with van der Waals surface area (Å²) in [6, 6.07) is 8.10. The summed E-state index contributed by atoms with van der Waals surface area (Å²) in [6.45, 7) is 0. The smallest absolute Gasteiger partial charge is 0.196 e. The number of nitrogens with one attached hydrogen (secondary N) is 1. The quantitative estimate of drug-likeness (QED) is 0.545. The lowest BCUT2D eigenvalue weighted by molar-refractivity contribution is 0.0968. The van der Waals surface area contributed by atoms with Gasteiger partial charge < -0.3 is 5.32 Å². The molecule has 0 saturated carbocycles. The maximum Gasteiger partial charge on any atom is 0.196 e. The van der Waals surface area contributed by atoms with Gasteiger partial charge in [0.1, 0.15) is 0 Å². The molecule has 6 heteroatoms. The molecule has 1 aliphatic rings. The number of benzene rings is 2. The van der Waals surface area contributed by atoms with Gasteiger partial charge in [-0.05, 0) is 12.1 Å². The Morgan fingerprint density at radius 2 is 1.83 bits per heavy atom. The first-order valence-electron chi connectivity index (χ1n) is 6.83. The Hall–Kier alpha value is -1.98. The second kappa shape index (κ2) is 5.91. The number of alkyl halides is 1. The van der Waals surface area contributed by atoms with Gasteiger partial charge in [0.05, 0.1) is 17.0 Å². The summed E-state index contributed by atoms with van der Waals surface area (Å²) in [4.78, 5) is 37.9. The molecule has 2 aromatic carbocycles. The number of rotatable bonds is 3. The zero-order valence-electron chi connectivity index (χ0n) is 12.1. The number of hydrogen-bond donors (Lipinski definition) is 1. The molecular formula is C17H11BrClNO3. The molecular weight excluding hydrogens is 382 g/mol. The SMILES string of the molecule is CNc1ccc(Br)c2c1C(=O)c1cccc(C(=O)CCl)c1C2=O.